The van der Waals surface area contributed by atoms with E-state index in [1.54, 1.807) is 19.4 Å². The average Bonchev–Trinajstić information content (AvgIpc) is 2.86. The molecule has 0 aliphatic carbocycles. The van der Waals surface area contributed by atoms with E-state index in [0.717, 1.165) is 28.4 Å². The molecule has 3 aromatic rings. The fourth-order valence-corrected chi connectivity index (χ4v) is 2.51. The molecule has 2 aromatic heterocycles. The highest BCUT2D eigenvalue weighted by atomic mass is 35.5. The Hall–Kier alpha value is -1.78. The second kappa shape index (κ2) is 5.54. The number of halogens is 2. The largest absolute Gasteiger partial charge is 0.497 e. The maximum atomic E-state index is 6.26. The predicted octanol–water partition coefficient (Wildman–Crippen LogP) is 4.38. The standard InChI is InChI=1S/C15H13Cl2N3O/c1-9(16)14-19-13-7-10(17)8-18-15(13)20(14)11-3-5-12(21-2)6-4-11/h3-9H,1-2H3. The van der Waals surface area contributed by atoms with Crippen LogP contribution in [-0.2, 0) is 0 Å². The minimum Gasteiger partial charge on any atom is -0.497 e. The fraction of sp³-hybridized carbons (Fsp3) is 0.200. The smallest absolute Gasteiger partial charge is 0.164 e. The SMILES string of the molecule is COc1ccc(-n2c(C(C)Cl)nc3cc(Cl)cnc32)cc1. The molecule has 0 aliphatic heterocycles. The van der Waals surface area contributed by atoms with Crippen molar-refractivity contribution in [1.29, 1.82) is 0 Å². The van der Waals surface area contributed by atoms with Gasteiger partial charge in [-0.1, -0.05) is 11.6 Å². The molecule has 0 fully saturated rings. The molecule has 1 aromatic carbocycles. The first kappa shape index (κ1) is 14.2. The van der Waals surface area contributed by atoms with Gasteiger partial charge < -0.3 is 4.74 Å². The van der Waals surface area contributed by atoms with Crippen LogP contribution in [0.5, 0.6) is 5.75 Å². The maximum absolute atomic E-state index is 6.26. The van der Waals surface area contributed by atoms with Crippen LogP contribution in [0.4, 0.5) is 0 Å². The van der Waals surface area contributed by atoms with Crippen LogP contribution >= 0.6 is 23.2 Å². The molecular formula is C15H13Cl2N3O. The van der Waals surface area contributed by atoms with E-state index < -0.39 is 0 Å². The number of methoxy groups -OCH3 is 1. The first-order valence-electron chi connectivity index (χ1n) is 6.42. The van der Waals surface area contributed by atoms with Gasteiger partial charge in [0.05, 0.1) is 17.5 Å². The molecule has 0 N–H and O–H groups in total. The summed E-state index contributed by atoms with van der Waals surface area (Å²) in [5, 5.41) is 0.302. The van der Waals surface area contributed by atoms with E-state index in [1.807, 2.05) is 35.8 Å². The van der Waals surface area contributed by atoms with Gasteiger partial charge in [-0.2, -0.15) is 0 Å². The number of fused-ring (bicyclic) bond motifs is 1. The number of alkyl halides is 1. The molecule has 0 saturated carbocycles. The van der Waals surface area contributed by atoms with Gasteiger partial charge in [-0.3, -0.25) is 4.57 Å². The van der Waals surface area contributed by atoms with Gasteiger partial charge in [0.15, 0.2) is 5.65 Å². The van der Waals surface area contributed by atoms with E-state index in [-0.39, 0.29) is 5.38 Å². The molecule has 3 rings (SSSR count). The average molecular weight is 322 g/mol. The summed E-state index contributed by atoms with van der Waals surface area (Å²) in [6.45, 7) is 1.88. The lowest BCUT2D eigenvalue weighted by Crippen LogP contribution is -2.02. The third-order valence-corrected chi connectivity index (χ3v) is 3.58. The van der Waals surface area contributed by atoms with Crippen molar-refractivity contribution in [3.05, 3.63) is 47.4 Å². The zero-order valence-electron chi connectivity index (χ0n) is 11.5. The van der Waals surface area contributed by atoms with Crippen molar-refractivity contribution in [2.45, 2.75) is 12.3 Å². The minimum atomic E-state index is -0.250. The van der Waals surface area contributed by atoms with Gasteiger partial charge in [-0.05, 0) is 37.3 Å². The molecule has 0 bridgehead atoms. The zero-order chi connectivity index (χ0) is 15.0. The molecule has 4 nitrogen and oxygen atoms in total. The minimum absolute atomic E-state index is 0.250. The summed E-state index contributed by atoms with van der Waals surface area (Å²) in [5.41, 5.74) is 2.38. The van der Waals surface area contributed by atoms with Crippen molar-refractivity contribution in [2.75, 3.05) is 7.11 Å². The molecule has 0 aliphatic rings. The van der Waals surface area contributed by atoms with Crippen molar-refractivity contribution >= 4 is 34.4 Å². The Balaban J connectivity index is 2.25. The molecule has 0 amide bonds. The van der Waals surface area contributed by atoms with E-state index >= 15 is 0 Å². The van der Waals surface area contributed by atoms with Crippen LogP contribution in [-0.4, -0.2) is 21.6 Å². The van der Waals surface area contributed by atoms with Crippen LogP contribution in [0.3, 0.4) is 0 Å². The number of aromatic nitrogens is 3. The summed E-state index contributed by atoms with van der Waals surface area (Å²) in [6.07, 6.45) is 1.61. The summed E-state index contributed by atoms with van der Waals surface area (Å²) < 4.78 is 7.12. The van der Waals surface area contributed by atoms with E-state index in [2.05, 4.69) is 9.97 Å². The van der Waals surface area contributed by atoms with Crippen LogP contribution in [0.25, 0.3) is 16.9 Å². The van der Waals surface area contributed by atoms with E-state index in [4.69, 9.17) is 27.9 Å². The Morgan fingerprint density at radius 3 is 2.57 bits per heavy atom. The molecule has 6 heteroatoms. The number of rotatable bonds is 3. The first-order chi connectivity index (χ1) is 10.1. The van der Waals surface area contributed by atoms with Crippen LogP contribution in [0.1, 0.15) is 18.1 Å². The summed E-state index contributed by atoms with van der Waals surface area (Å²) in [7, 11) is 1.64. The van der Waals surface area contributed by atoms with Crippen molar-refractivity contribution in [1.82, 2.24) is 14.5 Å². The molecule has 1 unspecified atom stereocenters. The van der Waals surface area contributed by atoms with Gasteiger partial charge in [0.2, 0.25) is 0 Å². The molecular weight excluding hydrogens is 309 g/mol. The lowest BCUT2D eigenvalue weighted by Gasteiger charge is -2.10. The van der Waals surface area contributed by atoms with Crippen molar-refractivity contribution in [3.63, 3.8) is 0 Å². The number of nitrogens with zero attached hydrogens (tertiary/aromatic N) is 3. The highest BCUT2D eigenvalue weighted by Gasteiger charge is 2.17. The Morgan fingerprint density at radius 2 is 1.95 bits per heavy atom. The Morgan fingerprint density at radius 1 is 1.24 bits per heavy atom. The molecule has 2 heterocycles. The monoisotopic (exact) mass is 321 g/mol. The third kappa shape index (κ3) is 2.57. The molecule has 21 heavy (non-hydrogen) atoms. The summed E-state index contributed by atoms with van der Waals surface area (Å²) in [5.74, 6) is 1.52. The Labute approximate surface area is 132 Å². The van der Waals surface area contributed by atoms with Crippen LogP contribution in [0, 0.1) is 0 Å². The normalized spacial score (nSPS) is 12.6. The third-order valence-electron chi connectivity index (χ3n) is 3.18. The number of hydrogen-bond acceptors (Lipinski definition) is 3. The van der Waals surface area contributed by atoms with Gasteiger partial charge in [0, 0.05) is 11.9 Å². The van der Waals surface area contributed by atoms with E-state index in [0.29, 0.717) is 5.02 Å². The van der Waals surface area contributed by atoms with Crippen molar-refractivity contribution in [2.24, 2.45) is 0 Å². The van der Waals surface area contributed by atoms with Crippen LogP contribution in [0.15, 0.2) is 36.5 Å². The Kier molecular flexibility index (Phi) is 3.74. The highest BCUT2D eigenvalue weighted by molar-refractivity contribution is 6.31. The van der Waals surface area contributed by atoms with Gasteiger partial charge >= 0.3 is 0 Å². The summed E-state index contributed by atoms with van der Waals surface area (Å²) in [6, 6.07) is 9.45. The van der Waals surface area contributed by atoms with Crippen molar-refractivity contribution in [3.8, 4) is 11.4 Å². The number of ether oxygens (including phenoxy) is 1. The molecule has 0 spiro atoms. The topological polar surface area (TPSA) is 39.9 Å². The Bertz CT molecular complexity index is 781. The molecule has 1 atom stereocenters. The molecule has 0 radical (unpaired) electrons. The number of imidazole rings is 1. The first-order valence-corrected chi connectivity index (χ1v) is 7.24. The summed E-state index contributed by atoms with van der Waals surface area (Å²) >= 11 is 12.2. The lowest BCUT2D eigenvalue weighted by atomic mass is 10.3. The number of pyridine rings is 1. The van der Waals surface area contributed by atoms with E-state index in [1.165, 1.54) is 0 Å². The van der Waals surface area contributed by atoms with Gasteiger partial charge in [0.1, 0.15) is 17.1 Å². The van der Waals surface area contributed by atoms with Gasteiger partial charge in [-0.15, -0.1) is 11.6 Å². The van der Waals surface area contributed by atoms with Crippen LogP contribution in [0.2, 0.25) is 5.02 Å². The van der Waals surface area contributed by atoms with Gasteiger partial charge in [0.25, 0.3) is 0 Å². The highest BCUT2D eigenvalue weighted by Crippen LogP contribution is 2.28. The number of hydrogen-bond donors (Lipinski definition) is 0. The van der Waals surface area contributed by atoms with Crippen molar-refractivity contribution < 1.29 is 4.74 Å². The van der Waals surface area contributed by atoms with Crippen LogP contribution < -0.4 is 4.74 Å². The fourth-order valence-electron chi connectivity index (χ4n) is 2.21. The van der Waals surface area contributed by atoms with E-state index in [9.17, 15) is 0 Å². The predicted molar refractivity (Wildman–Crippen MR) is 84.7 cm³/mol. The maximum Gasteiger partial charge on any atom is 0.164 e. The molecule has 0 saturated heterocycles. The zero-order valence-corrected chi connectivity index (χ0v) is 13.1. The lowest BCUT2D eigenvalue weighted by molar-refractivity contribution is 0.414. The second-order valence-corrected chi connectivity index (χ2v) is 5.71. The quantitative estimate of drug-likeness (QED) is 0.672. The second-order valence-electron chi connectivity index (χ2n) is 4.62. The molecule has 108 valence electrons. The van der Waals surface area contributed by atoms with Gasteiger partial charge in [-0.25, -0.2) is 9.97 Å². The summed E-state index contributed by atoms with van der Waals surface area (Å²) in [4.78, 5) is 8.93. The number of benzene rings is 1.